The number of nitriles is 2. The van der Waals surface area contributed by atoms with Gasteiger partial charge in [0.15, 0.2) is 0 Å². The Kier molecular flexibility index (Phi) is 5.19. The van der Waals surface area contributed by atoms with Crippen LogP contribution in [0.15, 0.2) is 24.3 Å². The molecular weight excluding hydrogens is 346 g/mol. The highest BCUT2D eigenvalue weighted by atomic mass is 16.6. The fraction of sp³-hybridized carbons (Fsp3) is 0.375. The largest absolute Gasteiger partial charge is 0.469 e. The molecule has 10 heteroatoms. The highest BCUT2D eigenvalue weighted by Crippen LogP contribution is 2.49. The predicted octanol–water partition coefficient (Wildman–Crippen LogP) is 1.03. The number of non-ortho nitro benzene ring substituents is 1. The molecule has 26 heavy (non-hydrogen) atoms. The van der Waals surface area contributed by atoms with E-state index >= 15 is 0 Å². The highest BCUT2D eigenvalue weighted by Gasteiger charge is 2.63. The van der Waals surface area contributed by atoms with E-state index in [0.29, 0.717) is 0 Å². The normalized spacial score (nSPS) is 23.3. The first-order valence-corrected chi connectivity index (χ1v) is 7.25. The molecule has 2 rings (SSSR count). The Morgan fingerprint density at radius 3 is 2.12 bits per heavy atom. The van der Waals surface area contributed by atoms with Crippen molar-refractivity contribution in [3.63, 3.8) is 0 Å². The Bertz CT molecular complexity index is 808. The van der Waals surface area contributed by atoms with Crippen LogP contribution in [0.3, 0.4) is 0 Å². The zero-order chi connectivity index (χ0) is 19.5. The minimum absolute atomic E-state index is 0.197. The van der Waals surface area contributed by atoms with Crippen molar-refractivity contribution in [2.75, 3.05) is 14.2 Å². The summed E-state index contributed by atoms with van der Waals surface area (Å²) < 4.78 is 14.8. The number of rotatable bonds is 4. The molecule has 10 nitrogen and oxygen atoms in total. The van der Waals surface area contributed by atoms with Crippen LogP contribution in [0.2, 0.25) is 0 Å². The summed E-state index contributed by atoms with van der Waals surface area (Å²) in [4.78, 5) is 34.7. The second kappa shape index (κ2) is 7.17. The van der Waals surface area contributed by atoms with E-state index in [-0.39, 0.29) is 11.3 Å². The van der Waals surface area contributed by atoms with E-state index in [1.165, 1.54) is 24.3 Å². The van der Waals surface area contributed by atoms with Crippen molar-refractivity contribution in [2.45, 2.75) is 11.7 Å². The summed E-state index contributed by atoms with van der Waals surface area (Å²) in [5.41, 5.74) is -2.19. The quantitative estimate of drug-likeness (QED) is 0.435. The summed E-state index contributed by atoms with van der Waals surface area (Å²) in [5.74, 6) is -4.74. The summed E-state index contributed by atoms with van der Waals surface area (Å²) in [7, 11) is 2.14. The van der Waals surface area contributed by atoms with Gasteiger partial charge in [0.05, 0.1) is 19.1 Å². The van der Waals surface area contributed by atoms with Crippen LogP contribution in [-0.4, -0.2) is 36.7 Å². The van der Waals surface area contributed by atoms with E-state index in [1.54, 1.807) is 12.1 Å². The molecule has 0 N–H and O–H groups in total. The van der Waals surface area contributed by atoms with Crippen LogP contribution in [0.4, 0.5) is 5.69 Å². The molecule has 1 aliphatic rings. The van der Waals surface area contributed by atoms with Crippen molar-refractivity contribution in [2.24, 2.45) is 11.8 Å². The Labute approximate surface area is 147 Å². The van der Waals surface area contributed by atoms with Crippen LogP contribution < -0.4 is 0 Å². The van der Waals surface area contributed by atoms with Crippen LogP contribution in [0.1, 0.15) is 11.7 Å². The first-order valence-electron chi connectivity index (χ1n) is 7.25. The molecule has 1 aromatic carbocycles. The summed E-state index contributed by atoms with van der Waals surface area (Å²) in [6, 6.07) is 8.25. The lowest BCUT2D eigenvalue weighted by Crippen LogP contribution is -2.42. The van der Waals surface area contributed by atoms with Crippen LogP contribution in [0.25, 0.3) is 0 Å². The summed E-state index contributed by atoms with van der Waals surface area (Å²) in [6.07, 6.45) is -1.20. The number of hydrogen-bond acceptors (Lipinski definition) is 9. The van der Waals surface area contributed by atoms with Gasteiger partial charge >= 0.3 is 11.9 Å². The number of esters is 2. The maximum atomic E-state index is 12.3. The van der Waals surface area contributed by atoms with E-state index in [2.05, 4.69) is 4.74 Å². The molecule has 1 aromatic rings. The monoisotopic (exact) mass is 359 g/mol. The van der Waals surface area contributed by atoms with Crippen LogP contribution in [0.5, 0.6) is 0 Å². The zero-order valence-electron chi connectivity index (χ0n) is 13.7. The standard InChI is InChI=1S/C16H13N3O7/c1-24-14(20)11-12(15(21)25-2)16(7-17,8-18)26-13(11)9-3-5-10(6-4-9)19(22)23/h3-6,11-13H,1-2H3/t11-,12+,13+/m1/s1. The number of nitro benzene ring substituents is 1. The minimum atomic E-state index is -2.27. The molecule has 0 aromatic heterocycles. The van der Waals surface area contributed by atoms with Crippen molar-refractivity contribution in [1.29, 1.82) is 10.5 Å². The van der Waals surface area contributed by atoms with Crippen molar-refractivity contribution in [3.05, 3.63) is 39.9 Å². The fourth-order valence-electron chi connectivity index (χ4n) is 2.89. The van der Waals surface area contributed by atoms with Gasteiger partial charge in [-0.15, -0.1) is 0 Å². The van der Waals surface area contributed by atoms with Gasteiger partial charge in [-0.05, 0) is 17.7 Å². The van der Waals surface area contributed by atoms with E-state index in [1.807, 2.05) is 0 Å². The molecule has 0 unspecified atom stereocenters. The van der Waals surface area contributed by atoms with E-state index in [0.717, 1.165) is 14.2 Å². The van der Waals surface area contributed by atoms with Gasteiger partial charge in [-0.25, -0.2) is 0 Å². The van der Waals surface area contributed by atoms with Gasteiger partial charge in [-0.2, -0.15) is 10.5 Å². The molecule has 1 fully saturated rings. The number of nitrogens with zero attached hydrogens (tertiary/aromatic N) is 3. The van der Waals surface area contributed by atoms with Crippen LogP contribution >= 0.6 is 0 Å². The Morgan fingerprint density at radius 1 is 1.15 bits per heavy atom. The minimum Gasteiger partial charge on any atom is -0.469 e. The van der Waals surface area contributed by atoms with Gasteiger partial charge in [0.25, 0.3) is 11.3 Å². The van der Waals surface area contributed by atoms with Crippen molar-refractivity contribution in [1.82, 2.24) is 0 Å². The number of carbonyl (C=O) groups excluding carboxylic acids is 2. The molecule has 0 bridgehead atoms. The number of methoxy groups -OCH3 is 2. The molecule has 0 saturated carbocycles. The second-order valence-corrected chi connectivity index (χ2v) is 5.40. The molecule has 134 valence electrons. The maximum absolute atomic E-state index is 12.3. The van der Waals surface area contributed by atoms with Crippen LogP contribution in [0, 0.1) is 44.6 Å². The molecule has 0 aliphatic carbocycles. The lowest BCUT2D eigenvalue weighted by Gasteiger charge is -2.20. The van der Waals surface area contributed by atoms with Gasteiger partial charge in [0.2, 0.25) is 0 Å². The van der Waals surface area contributed by atoms with Gasteiger partial charge in [-0.3, -0.25) is 19.7 Å². The maximum Gasteiger partial charge on any atom is 0.314 e. The lowest BCUT2D eigenvalue weighted by atomic mass is 9.79. The van der Waals surface area contributed by atoms with Gasteiger partial charge < -0.3 is 14.2 Å². The highest BCUT2D eigenvalue weighted by molar-refractivity contribution is 5.85. The van der Waals surface area contributed by atoms with E-state index in [9.17, 15) is 30.2 Å². The van der Waals surface area contributed by atoms with Crippen molar-refractivity contribution >= 4 is 17.6 Å². The van der Waals surface area contributed by atoms with Crippen molar-refractivity contribution in [3.8, 4) is 12.1 Å². The molecule has 0 spiro atoms. The lowest BCUT2D eigenvalue weighted by molar-refractivity contribution is -0.384. The molecule has 0 amide bonds. The molecule has 1 heterocycles. The first kappa shape index (κ1) is 18.8. The van der Waals surface area contributed by atoms with E-state index < -0.39 is 40.4 Å². The molecule has 3 atom stereocenters. The van der Waals surface area contributed by atoms with Gasteiger partial charge in [-0.1, -0.05) is 0 Å². The fourth-order valence-corrected chi connectivity index (χ4v) is 2.89. The van der Waals surface area contributed by atoms with E-state index in [4.69, 9.17) is 9.47 Å². The molecule has 1 saturated heterocycles. The van der Waals surface area contributed by atoms with Crippen molar-refractivity contribution < 1.29 is 28.7 Å². The SMILES string of the molecule is COC(=O)[C@@H]1[C@@H](C(=O)OC)C(C#N)(C#N)O[C@H]1c1ccc([N+](=O)[O-])cc1. The third-order valence-electron chi connectivity index (χ3n) is 4.13. The first-order chi connectivity index (χ1) is 12.3. The topological polar surface area (TPSA) is 153 Å². The number of benzene rings is 1. The number of hydrogen-bond donors (Lipinski definition) is 0. The molecule has 1 aliphatic heterocycles. The third-order valence-corrected chi connectivity index (χ3v) is 4.13. The Hall–Kier alpha value is -3.50. The van der Waals surface area contributed by atoms with Gasteiger partial charge in [0.1, 0.15) is 30.1 Å². The zero-order valence-corrected chi connectivity index (χ0v) is 13.7. The average Bonchev–Trinajstić information content (AvgIpc) is 3.02. The number of nitro groups is 1. The third kappa shape index (κ3) is 2.94. The van der Waals surface area contributed by atoms with Gasteiger partial charge in [0, 0.05) is 12.1 Å². The summed E-state index contributed by atoms with van der Waals surface area (Å²) >= 11 is 0. The number of ether oxygens (including phenoxy) is 3. The molecule has 0 radical (unpaired) electrons. The second-order valence-electron chi connectivity index (χ2n) is 5.40. The average molecular weight is 359 g/mol. The number of carbonyl (C=O) groups is 2. The van der Waals surface area contributed by atoms with Crippen LogP contribution in [-0.2, 0) is 23.8 Å². The Balaban J connectivity index is 2.59. The smallest absolute Gasteiger partial charge is 0.314 e. The predicted molar refractivity (Wildman–Crippen MR) is 81.9 cm³/mol. The summed E-state index contributed by atoms with van der Waals surface area (Å²) in [5, 5.41) is 29.7. The Morgan fingerprint density at radius 2 is 1.69 bits per heavy atom. The summed E-state index contributed by atoms with van der Waals surface area (Å²) in [6.45, 7) is 0. The molecular formula is C16H13N3O7.